The van der Waals surface area contributed by atoms with E-state index < -0.39 is 0 Å². The fourth-order valence-corrected chi connectivity index (χ4v) is 2.64. The van der Waals surface area contributed by atoms with Gasteiger partial charge in [0.25, 0.3) is 0 Å². The van der Waals surface area contributed by atoms with Gasteiger partial charge >= 0.3 is 0 Å². The van der Waals surface area contributed by atoms with E-state index in [2.05, 4.69) is 36.7 Å². The Morgan fingerprint density at radius 1 is 1.33 bits per heavy atom. The molecule has 0 atom stereocenters. The summed E-state index contributed by atoms with van der Waals surface area (Å²) in [5.41, 5.74) is 4.12. The molecule has 2 rings (SSSR count). The van der Waals surface area contributed by atoms with E-state index in [1.165, 1.54) is 6.07 Å². The summed E-state index contributed by atoms with van der Waals surface area (Å²) in [5.74, 6) is 0.422. The van der Waals surface area contributed by atoms with E-state index >= 15 is 0 Å². The molecule has 0 saturated carbocycles. The topological polar surface area (TPSA) is 54.2 Å². The highest BCUT2D eigenvalue weighted by molar-refractivity contribution is 9.10. The van der Waals surface area contributed by atoms with Gasteiger partial charge in [0.2, 0.25) is 0 Å². The number of nitrogens with one attached hydrogen (secondary N) is 2. The standard InChI is InChI=1S/C17H23BrFN5/c1-5-20-17(21-9-13-6-7-15(18)16(19)8-13)22-10-14-11(2)23-24(4)12(14)3/h6-8H,5,9-10H2,1-4H3,(H2,20,21,22). The third-order valence-electron chi connectivity index (χ3n) is 3.84. The van der Waals surface area contributed by atoms with E-state index in [-0.39, 0.29) is 5.82 Å². The second-order valence-electron chi connectivity index (χ2n) is 5.57. The molecule has 7 heteroatoms. The van der Waals surface area contributed by atoms with E-state index in [0.717, 1.165) is 29.1 Å². The average Bonchev–Trinajstić information content (AvgIpc) is 2.78. The van der Waals surface area contributed by atoms with Crippen LogP contribution in [0.1, 0.15) is 29.4 Å². The lowest BCUT2D eigenvalue weighted by Crippen LogP contribution is -2.37. The van der Waals surface area contributed by atoms with Crippen molar-refractivity contribution in [3.05, 3.63) is 51.0 Å². The molecule has 0 radical (unpaired) electrons. The number of hydrogen-bond acceptors (Lipinski definition) is 2. The van der Waals surface area contributed by atoms with Gasteiger partial charge in [-0.15, -0.1) is 0 Å². The molecule has 1 aromatic heterocycles. The van der Waals surface area contributed by atoms with Gasteiger partial charge in [-0.25, -0.2) is 9.38 Å². The number of halogens is 2. The summed E-state index contributed by atoms with van der Waals surface area (Å²) >= 11 is 3.16. The quantitative estimate of drug-likeness (QED) is 0.603. The number of aliphatic imine (C=N–C) groups is 1. The van der Waals surface area contributed by atoms with Crippen LogP contribution in [-0.4, -0.2) is 22.3 Å². The molecule has 0 saturated heterocycles. The highest BCUT2D eigenvalue weighted by Gasteiger charge is 2.09. The number of rotatable bonds is 5. The molecule has 1 aromatic carbocycles. The maximum Gasteiger partial charge on any atom is 0.191 e. The van der Waals surface area contributed by atoms with Crippen molar-refractivity contribution in [2.24, 2.45) is 12.0 Å². The molecule has 0 fully saturated rings. The molecule has 2 N–H and O–H groups in total. The molecule has 0 amide bonds. The summed E-state index contributed by atoms with van der Waals surface area (Å²) in [7, 11) is 1.94. The van der Waals surface area contributed by atoms with Gasteiger partial charge in [-0.05, 0) is 54.4 Å². The highest BCUT2D eigenvalue weighted by atomic mass is 79.9. The summed E-state index contributed by atoms with van der Waals surface area (Å²) in [6.45, 7) is 7.86. The Morgan fingerprint density at radius 3 is 2.67 bits per heavy atom. The molecule has 130 valence electrons. The van der Waals surface area contributed by atoms with Crippen LogP contribution < -0.4 is 10.6 Å². The number of hydrogen-bond donors (Lipinski definition) is 2. The van der Waals surface area contributed by atoms with E-state index in [9.17, 15) is 4.39 Å². The van der Waals surface area contributed by atoms with Crippen molar-refractivity contribution < 1.29 is 4.39 Å². The van der Waals surface area contributed by atoms with Crippen molar-refractivity contribution in [2.45, 2.75) is 33.9 Å². The minimum absolute atomic E-state index is 0.276. The van der Waals surface area contributed by atoms with Crippen molar-refractivity contribution in [1.29, 1.82) is 0 Å². The molecule has 0 aliphatic heterocycles. The molecular weight excluding hydrogens is 373 g/mol. The Balaban J connectivity index is 2.06. The van der Waals surface area contributed by atoms with Gasteiger partial charge in [-0.2, -0.15) is 5.10 Å². The van der Waals surface area contributed by atoms with Crippen LogP contribution in [0.5, 0.6) is 0 Å². The van der Waals surface area contributed by atoms with Crippen molar-refractivity contribution in [3.8, 4) is 0 Å². The Hall–Kier alpha value is -1.89. The van der Waals surface area contributed by atoms with Gasteiger partial charge in [-0.1, -0.05) is 6.07 Å². The Labute approximate surface area is 150 Å². The normalized spacial score (nSPS) is 11.7. The zero-order chi connectivity index (χ0) is 17.7. The first kappa shape index (κ1) is 18.4. The van der Waals surface area contributed by atoms with Gasteiger partial charge in [0.1, 0.15) is 5.82 Å². The van der Waals surface area contributed by atoms with Crippen molar-refractivity contribution in [3.63, 3.8) is 0 Å². The lowest BCUT2D eigenvalue weighted by Gasteiger charge is -2.12. The summed E-state index contributed by atoms with van der Waals surface area (Å²) in [5, 5.41) is 10.9. The fraction of sp³-hybridized carbons (Fsp3) is 0.412. The zero-order valence-electron chi connectivity index (χ0n) is 14.5. The maximum absolute atomic E-state index is 13.6. The van der Waals surface area contributed by atoms with Gasteiger partial charge < -0.3 is 10.6 Å². The van der Waals surface area contributed by atoms with Gasteiger partial charge in [-0.3, -0.25) is 4.68 Å². The lowest BCUT2D eigenvalue weighted by atomic mass is 10.2. The number of aryl methyl sites for hydroxylation is 2. The van der Waals surface area contributed by atoms with Crippen LogP contribution in [-0.2, 0) is 20.1 Å². The SMILES string of the molecule is CCNC(=NCc1ccc(Br)c(F)c1)NCc1c(C)nn(C)c1C. The second kappa shape index (κ2) is 8.28. The molecule has 5 nitrogen and oxygen atoms in total. The molecule has 0 unspecified atom stereocenters. The van der Waals surface area contributed by atoms with Crippen molar-refractivity contribution >= 4 is 21.9 Å². The van der Waals surface area contributed by atoms with E-state index in [1.807, 2.05) is 38.6 Å². The van der Waals surface area contributed by atoms with Crippen LogP contribution in [0.15, 0.2) is 27.7 Å². The predicted molar refractivity (Wildman–Crippen MR) is 98.4 cm³/mol. The summed E-state index contributed by atoms with van der Waals surface area (Å²) in [6, 6.07) is 5.05. The first-order valence-electron chi connectivity index (χ1n) is 7.87. The summed E-state index contributed by atoms with van der Waals surface area (Å²) in [6.07, 6.45) is 0. The monoisotopic (exact) mass is 395 g/mol. The van der Waals surface area contributed by atoms with Crippen LogP contribution in [0, 0.1) is 19.7 Å². The fourth-order valence-electron chi connectivity index (χ4n) is 2.40. The number of guanidine groups is 1. The van der Waals surface area contributed by atoms with Gasteiger partial charge in [0, 0.05) is 31.4 Å². The number of aromatic nitrogens is 2. The molecule has 0 aliphatic carbocycles. The predicted octanol–water partition coefficient (Wildman–Crippen LogP) is 3.19. The molecule has 24 heavy (non-hydrogen) atoms. The third kappa shape index (κ3) is 4.56. The first-order chi connectivity index (χ1) is 11.4. The smallest absolute Gasteiger partial charge is 0.191 e. The third-order valence-corrected chi connectivity index (χ3v) is 4.48. The van der Waals surface area contributed by atoms with Crippen LogP contribution in [0.2, 0.25) is 0 Å². The number of benzene rings is 1. The average molecular weight is 396 g/mol. The van der Waals surface area contributed by atoms with Gasteiger partial charge in [0.05, 0.1) is 16.7 Å². The highest BCUT2D eigenvalue weighted by Crippen LogP contribution is 2.17. The molecule has 1 heterocycles. The van der Waals surface area contributed by atoms with Crippen molar-refractivity contribution in [1.82, 2.24) is 20.4 Å². The zero-order valence-corrected chi connectivity index (χ0v) is 16.0. The Bertz CT molecular complexity index is 739. The van der Waals surface area contributed by atoms with Gasteiger partial charge in [0.15, 0.2) is 5.96 Å². The first-order valence-corrected chi connectivity index (χ1v) is 8.66. The Morgan fingerprint density at radius 2 is 2.08 bits per heavy atom. The van der Waals surface area contributed by atoms with E-state index in [0.29, 0.717) is 23.5 Å². The van der Waals surface area contributed by atoms with E-state index in [1.54, 1.807) is 6.07 Å². The minimum atomic E-state index is -0.276. The van der Waals surface area contributed by atoms with Crippen LogP contribution in [0.3, 0.4) is 0 Å². The maximum atomic E-state index is 13.6. The van der Waals surface area contributed by atoms with Crippen LogP contribution >= 0.6 is 15.9 Å². The van der Waals surface area contributed by atoms with Crippen LogP contribution in [0.4, 0.5) is 4.39 Å². The largest absolute Gasteiger partial charge is 0.357 e. The number of nitrogens with zero attached hydrogens (tertiary/aromatic N) is 3. The van der Waals surface area contributed by atoms with Crippen LogP contribution in [0.25, 0.3) is 0 Å². The lowest BCUT2D eigenvalue weighted by molar-refractivity contribution is 0.618. The van der Waals surface area contributed by atoms with Crippen molar-refractivity contribution in [2.75, 3.05) is 6.54 Å². The summed E-state index contributed by atoms with van der Waals surface area (Å²) < 4.78 is 15.9. The Kier molecular flexibility index (Phi) is 6.36. The molecule has 2 aromatic rings. The van der Waals surface area contributed by atoms with E-state index in [4.69, 9.17) is 0 Å². The summed E-state index contributed by atoms with van der Waals surface area (Å²) in [4.78, 5) is 4.52. The molecule has 0 spiro atoms. The molecule has 0 aliphatic rings. The molecular formula is C17H23BrFN5. The molecule has 0 bridgehead atoms. The minimum Gasteiger partial charge on any atom is -0.357 e. The second-order valence-corrected chi connectivity index (χ2v) is 6.42.